The van der Waals surface area contributed by atoms with Gasteiger partial charge in [-0.25, -0.2) is 4.79 Å². The summed E-state index contributed by atoms with van der Waals surface area (Å²) in [6.07, 6.45) is 1.66. The van der Waals surface area contributed by atoms with Gasteiger partial charge in [0.25, 0.3) is 0 Å². The van der Waals surface area contributed by atoms with E-state index in [0.717, 1.165) is 18.7 Å². The van der Waals surface area contributed by atoms with Gasteiger partial charge < -0.3 is 15.3 Å². The fourth-order valence-electron chi connectivity index (χ4n) is 2.44. The van der Waals surface area contributed by atoms with Gasteiger partial charge in [0.1, 0.15) is 0 Å². The molecule has 0 aliphatic carbocycles. The highest BCUT2D eigenvalue weighted by molar-refractivity contribution is 5.88. The van der Waals surface area contributed by atoms with E-state index in [1.54, 1.807) is 10.7 Å². The monoisotopic (exact) mass is 345 g/mol. The Hall–Kier alpha value is -2.38. The number of rotatable bonds is 8. The molecule has 0 radical (unpaired) electrons. The van der Waals surface area contributed by atoms with E-state index in [2.05, 4.69) is 20.6 Å². The van der Waals surface area contributed by atoms with Crippen LogP contribution in [0.3, 0.4) is 0 Å². The first-order valence-corrected chi connectivity index (χ1v) is 8.42. The molecular weight excluding hydrogens is 318 g/mol. The van der Waals surface area contributed by atoms with Crippen molar-refractivity contribution < 1.29 is 9.90 Å². The van der Waals surface area contributed by atoms with Crippen molar-refractivity contribution in [3.05, 3.63) is 48.2 Å². The lowest BCUT2D eigenvalue weighted by Gasteiger charge is -2.18. The number of urea groups is 1. The number of aliphatic hydroxyl groups is 1. The Balaban J connectivity index is 1.77. The molecule has 7 heteroatoms. The Labute approximate surface area is 148 Å². The fraction of sp³-hybridized carbons (Fsp3) is 0.444. The van der Waals surface area contributed by atoms with Crippen molar-refractivity contribution >= 4 is 11.8 Å². The van der Waals surface area contributed by atoms with Crippen LogP contribution in [-0.2, 0) is 6.54 Å². The first-order valence-electron chi connectivity index (χ1n) is 8.42. The van der Waals surface area contributed by atoms with Crippen LogP contribution in [0.2, 0.25) is 0 Å². The largest absolute Gasteiger partial charge is 0.388 e. The summed E-state index contributed by atoms with van der Waals surface area (Å²) in [7, 11) is 4.00. The number of benzene rings is 1. The molecule has 2 amide bonds. The molecule has 25 heavy (non-hydrogen) atoms. The summed E-state index contributed by atoms with van der Waals surface area (Å²) in [5.74, 6) is 0.507. The van der Waals surface area contributed by atoms with Crippen LogP contribution in [0.1, 0.15) is 25.0 Å². The standard InChI is InChI=1S/C18H27N5O2/c1-14(13-16(24)15-7-5-4-6-8-15)19-18(25)20-17-9-10-23(21-17)12-11-22(2)3/h4-10,14,16,24H,11-13H2,1-3H3,(H2,19,20,21,25). The molecule has 0 fully saturated rings. The molecule has 0 saturated heterocycles. The fourth-order valence-corrected chi connectivity index (χ4v) is 2.44. The molecule has 136 valence electrons. The zero-order valence-corrected chi connectivity index (χ0v) is 15.0. The Morgan fingerprint density at radius 2 is 2.00 bits per heavy atom. The lowest BCUT2D eigenvalue weighted by atomic mass is 10.0. The minimum atomic E-state index is -0.609. The highest BCUT2D eigenvalue weighted by Gasteiger charge is 2.14. The summed E-state index contributed by atoms with van der Waals surface area (Å²) in [5, 5.41) is 20.1. The van der Waals surface area contributed by atoms with Crippen molar-refractivity contribution in [1.82, 2.24) is 20.0 Å². The summed E-state index contributed by atoms with van der Waals surface area (Å²) in [5.41, 5.74) is 0.844. The number of likely N-dealkylation sites (N-methyl/N-ethyl adjacent to an activating group) is 1. The van der Waals surface area contributed by atoms with Gasteiger partial charge in [-0.15, -0.1) is 0 Å². The molecule has 7 nitrogen and oxygen atoms in total. The second-order valence-electron chi connectivity index (χ2n) is 6.43. The molecule has 0 saturated carbocycles. The van der Waals surface area contributed by atoms with E-state index in [1.807, 2.05) is 57.5 Å². The van der Waals surface area contributed by atoms with E-state index < -0.39 is 6.10 Å². The van der Waals surface area contributed by atoms with Gasteiger partial charge >= 0.3 is 6.03 Å². The minimum absolute atomic E-state index is 0.175. The number of amides is 2. The van der Waals surface area contributed by atoms with Gasteiger partial charge in [0.2, 0.25) is 0 Å². The third-order valence-corrected chi connectivity index (χ3v) is 3.80. The minimum Gasteiger partial charge on any atom is -0.388 e. The van der Waals surface area contributed by atoms with Crippen LogP contribution in [0, 0.1) is 0 Å². The zero-order chi connectivity index (χ0) is 18.2. The molecular formula is C18H27N5O2. The van der Waals surface area contributed by atoms with Crippen molar-refractivity contribution in [2.75, 3.05) is 26.0 Å². The van der Waals surface area contributed by atoms with Gasteiger partial charge in [0, 0.05) is 24.8 Å². The normalized spacial score (nSPS) is 13.5. The topological polar surface area (TPSA) is 82.4 Å². The lowest BCUT2D eigenvalue weighted by molar-refractivity contribution is 0.155. The molecule has 0 aliphatic heterocycles. The second kappa shape index (κ2) is 9.19. The maximum Gasteiger partial charge on any atom is 0.320 e. The van der Waals surface area contributed by atoms with Gasteiger partial charge in [-0.2, -0.15) is 5.10 Å². The summed E-state index contributed by atoms with van der Waals surface area (Å²) in [6, 6.07) is 10.7. The van der Waals surface area contributed by atoms with Crippen LogP contribution in [-0.4, -0.2) is 52.5 Å². The van der Waals surface area contributed by atoms with Crippen molar-refractivity contribution in [1.29, 1.82) is 0 Å². The first-order chi connectivity index (χ1) is 11.9. The van der Waals surface area contributed by atoms with Crippen molar-refractivity contribution in [2.24, 2.45) is 0 Å². The van der Waals surface area contributed by atoms with Gasteiger partial charge in [-0.1, -0.05) is 30.3 Å². The van der Waals surface area contributed by atoms with Crippen molar-refractivity contribution in [3.63, 3.8) is 0 Å². The number of carbonyl (C=O) groups is 1. The summed E-state index contributed by atoms with van der Waals surface area (Å²) >= 11 is 0. The summed E-state index contributed by atoms with van der Waals surface area (Å²) in [4.78, 5) is 14.1. The molecule has 1 aromatic carbocycles. The number of aliphatic hydroxyl groups excluding tert-OH is 1. The van der Waals surface area contributed by atoms with Gasteiger partial charge in [-0.3, -0.25) is 10.00 Å². The number of nitrogens with one attached hydrogen (secondary N) is 2. The average Bonchev–Trinajstić information content (AvgIpc) is 3.00. The number of aromatic nitrogens is 2. The van der Waals surface area contributed by atoms with Crippen molar-refractivity contribution in [2.45, 2.75) is 32.0 Å². The molecule has 1 aromatic heterocycles. The smallest absolute Gasteiger partial charge is 0.320 e. The van der Waals surface area contributed by atoms with E-state index in [9.17, 15) is 9.90 Å². The molecule has 2 atom stereocenters. The van der Waals surface area contributed by atoms with Crippen LogP contribution in [0.4, 0.5) is 10.6 Å². The Morgan fingerprint density at radius 3 is 2.68 bits per heavy atom. The van der Waals surface area contributed by atoms with Crippen LogP contribution < -0.4 is 10.6 Å². The molecule has 3 N–H and O–H groups in total. The van der Waals surface area contributed by atoms with E-state index in [4.69, 9.17) is 0 Å². The Morgan fingerprint density at radius 1 is 1.28 bits per heavy atom. The predicted octanol–water partition coefficient (Wildman–Crippen LogP) is 2.08. The number of nitrogens with zero attached hydrogens (tertiary/aromatic N) is 3. The summed E-state index contributed by atoms with van der Waals surface area (Å²) in [6.45, 7) is 3.50. The predicted molar refractivity (Wildman–Crippen MR) is 98.4 cm³/mol. The molecule has 2 aromatic rings. The van der Waals surface area contributed by atoms with Gasteiger partial charge in [0.05, 0.1) is 12.6 Å². The highest BCUT2D eigenvalue weighted by atomic mass is 16.3. The van der Waals surface area contributed by atoms with E-state index in [1.165, 1.54) is 0 Å². The maximum atomic E-state index is 12.1. The molecule has 1 heterocycles. The number of carbonyl (C=O) groups excluding carboxylic acids is 1. The lowest BCUT2D eigenvalue weighted by Crippen LogP contribution is -2.37. The number of anilines is 1. The van der Waals surface area contributed by atoms with Crippen LogP contribution in [0.25, 0.3) is 0 Å². The van der Waals surface area contributed by atoms with Crippen molar-refractivity contribution in [3.8, 4) is 0 Å². The third-order valence-electron chi connectivity index (χ3n) is 3.80. The number of hydrogen-bond donors (Lipinski definition) is 3. The van der Waals surface area contributed by atoms with E-state index in [0.29, 0.717) is 12.2 Å². The molecule has 0 bridgehead atoms. The number of hydrogen-bond acceptors (Lipinski definition) is 4. The average molecular weight is 345 g/mol. The van der Waals surface area contributed by atoms with E-state index in [-0.39, 0.29) is 12.1 Å². The van der Waals surface area contributed by atoms with Gasteiger partial charge in [0.15, 0.2) is 5.82 Å². The highest BCUT2D eigenvalue weighted by Crippen LogP contribution is 2.17. The zero-order valence-electron chi connectivity index (χ0n) is 15.0. The third kappa shape index (κ3) is 6.56. The van der Waals surface area contributed by atoms with Crippen LogP contribution >= 0.6 is 0 Å². The maximum absolute atomic E-state index is 12.1. The Bertz CT molecular complexity index is 656. The van der Waals surface area contributed by atoms with Crippen LogP contribution in [0.15, 0.2) is 42.6 Å². The molecule has 0 spiro atoms. The first kappa shape index (κ1) is 19.0. The van der Waals surface area contributed by atoms with E-state index >= 15 is 0 Å². The molecule has 2 unspecified atom stereocenters. The molecule has 0 aliphatic rings. The van der Waals surface area contributed by atoms with Gasteiger partial charge in [-0.05, 0) is 33.0 Å². The SMILES string of the molecule is CC(CC(O)c1ccccc1)NC(=O)Nc1ccn(CCN(C)C)n1. The molecule has 2 rings (SSSR count). The second-order valence-corrected chi connectivity index (χ2v) is 6.43. The van der Waals surface area contributed by atoms with Crippen LogP contribution in [0.5, 0.6) is 0 Å². The quantitative estimate of drug-likeness (QED) is 0.684. The Kier molecular flexibility index (Phi) is 6.97. The summed E-state index contributed by atoms with van der Waals surface area (Å²) < 4.78 is 1.79.